The number of rotatable bonds is 9. The van der Waals surface area contributed by atoms with Gasteiger partial charge in [0.25, 0.3) is 0 Å². The molecule has 0 aromatic carbocycles. The fourth-order valence-corrected chi connectivity index (χ4v) is 2.13. The van der Waals surface area contributed by atoms with Gasteiger partial charge in [0.1, 0.15) is 17.5 Å². The largest absolute Gasteiger partial charge is 0.368 e. The summed E-state index contributed by atoms with van der Waals surface area (Å²) in [6.45, 7) is 6.93. The summed E-state index contributed by atoms with van der Waals surface area (Å²) in [5, 5.41) is 0. The molecule has 0 fully saturated rings. The number of nitrogens with one attached hydrogen (secondary N) is 1. The van der Waals surface area contributed by atoms with Crippen molar-refractivity contribution in [2.24, 2.45) is 11.6 Å². The van der Waals surface area contributed by atoms with Crippen LogP contribution in [0.1, 0.15) is 44.5 Å². The van der Waals surface area contributed by atoms with E-state index in [4.69, 9.17) is 11.6 Å². The number of aromatic nitrogens is 2. The second kappa shape index (κ2) is 8.41. The van der Waals surface area contributed by atoms with Crippen LogP contribution in [0, 0.1) is 6.92 Å². The van der Waals surface area contributed by atoms with Crippen LogP contribution in [0.25, 0.3) is 0 Å². The average Bonchev–Trinajstić information content (AvgIpc) is 2.45. The van der Waals surface area contributed by atoms with E-state index >= 15 is 0 Å². The molecular formula is C14H26N6O. The standard InChI is InChI=1S/C14H26N6O/c1-4-6-8-20(9-11(15)21)14-10(3)13(19-16)17-12(18-14)7-5-2/h4-9,16H2,1-3H3,(H2,15,21)(H,17,18,19). The van der Waals surface area contributed by atoms with E-state index in [2.05, 4.69) is 29.2 Å². The number of hydrazine groups is 1. The van der Waals surface area contributed by atoms with Gasteiger partial charge in [-0.05, 0) is 19.8 Å². The second-order valence-electron chi connectivity index (χ2n) is 5.07. The average molecular weight is 294 g/mol. The van der Waals surface area contributed by atoms with Crippen LogP contribution in [-0.4, -0.2) is 29.0 Å². The van der Waals surface area contributed by atoms with Gasteiger partial charge >= 0.3 is 0 Å². The molecule has 1 rings (SSSR count). The predicted octanol–water partition coefficient (Wildman–Crippen LogP) is 1.11. The van der Waals surface area contributed by atoms with E-state index in [1.165, 1.54) is 0 Å². The van der Waals surface area contributed by atoms with Crippen LogP contribution in [0.2, 0.25) is 0 Å². The lowest BCUT2D eigenvalue weighted by molar-refractivity contribution is -0.116. The highest BCUT2D eigenvalue weighted by Crippen LogP contribution is 2.23. The molecule has 1 amide bonds. The number of nitrogen functional groups attached to an aromatic ring is 1. The van der Waals surface area contributed by atoms with Crippen LogP contribution in [-0.2, 0) is 11.2 Å². The number of hydrogen-bond donors (Lipinski definition) is 3. The number of aryl methyl sites for hydroxylation is 1. The SMILES string of the molecule is CCCCN(CC(N)=O)c1nc(CCC)nc(NN)c1C. The summed E-state index contributed by atoms with van der Waals surface area (Å²) < 4.78 is 0. The number of carbonyl (C=O) groups excluding carboxylic acids is 1. The first-order valence-corrected chi connectivity index (χ1v) is 7.40. The van der Waals surface area contributed by atoms with E-state index in [9.17, 15) is 4.79 Å². The molecule has 0 saturated heterocycles. The first-order valence-electron chi connectivity index (χ1n) is 7.40. The lowest BCUT2D eigenvalue weighted by Crippen LogP contribution is -2.36. The Hall–Kier alpha value is -1.89. The Morgan fingerprint density at radius 3 is 2.52 bits per heavy atom. The third kappa shape index (κ3) is 4.86. The minimum atomic E-state index is -0.372. The van der Waals surface area contributed by atoms with Crippen molar-refractivity contribution in [3.05, 3.63) is 11.4 Å². The Morgan fingerprint density at radius 1 is 1.29 bits per heavy atom. The van der Waals surface area contributed by atoms with E-state index in [0.29, 0.717) is 5.82 Å². The Labute approximate surface area is 126 Å². The number of nitrogens with two attached hydrogens (primary N) is 2. The van der Waals surface area contributed by atoms with E-state index in [0.717, 1.165) is 49.4 Å². The van der Waals surface area contributed by atoms with Gasteiger partial charge in [0, 0.05) is 18.5 Å². The van der Waals surface area contributed by atoms with Gasteiger partial charge in [-0.1, -0.05) is 20.3 Å². The van der Waals surface area contributed by atoms with Crippen LogP contribution in [0.4, 0.5) is 11.6 Å². The molecule has 7 heteroatoms. The summed E-state index contributed by atoms with van der Waals surface area (Å²) in [4.78, 5) is 22.2. The van der Waals surface area contributed by atoms with E-state index in [1.807, 2.05) is 11.8 Å². The Morgan fingerprint density at radius 2 is 2.00 bits per heavy atom. The summed E-state index contributed by atoms with van der Waals surface area (Å²) >= 11 is 0. The highest BCUT2D eigenvalue weighted by Gasteiger charge is 2.17. The number of amides is 1. The van der Waals surface area contributed by atoms with E-state index < -0.39 is 0 Å². The van der Waals surface area contributed by atoms with E-state index in [1.54, 1.807) is 0 Å². The van der Waals surface area contributed by atoms with Gasteiger partial charge in [0.05, 0.1) is 6.54 Å². The van der Waals surface area contributed by atoms with Crippen LogP contribution in [0.15, 0.2) is 0 Å². The normalized spacial score (nSPS) is 10.5. The zero-order valence-corrected chi connectivity index (χ0v) is 13.1. The van der Waals surface area contributed by atoms with Crippen molar-refractivity contribution in [3.8, 4) is 0 Å². The molecule has 1 aromatic heterocycles. The van der Waals surface area contributed by atoms with Crippen molar-refractivity contribution in [2.45, 2.75) is 46.5 Å². The highest BCUT2D eigenvalue weighted by molar-refractivity contribution is 5.79. The summed E-state index contributed by atoms with van der Waals surface area (Å²) in [6, 6.07) is 0. The number of anilines is 2. The third-order valence-electron chi connectivity index (χ3n) is 3.20. The number of hydrogen-bond acceptors (Lipinski definition) is 6. The molecule has 118 valence electrons. The Balaban J connectivity index is 3.19. The number of carbonyl (C=O) groups is 1. The number of nitrogens with zero attached hydrogens (tertiary/aromatic N) is 3. The van der Waals surface area contributed by atoms with Crippen molar-refractivity contribution >= 4 is 17.5 Å². The van der Waals surface area contributed by atoms with E-state index in [-0.39, 0.29) is 12.5 Å². The molecule has 21 heavy (non-hydrogen) atoms. The molecule has 0 unspecified atom stereocenters. The highest BCUT2D eigenvalue weighted by atomic mass is 16.1. The van der Waals surface area contributed by atoms with Gasteiger partial charge in [-0.15, -0.1) is 0 Å². The number of unbranched alkanes of at least 4 members (excludes halogenated alkanes) is 1. The maximum Gasteiger partial charge on any atom is 0.236 e. The molecule has 0 aliphatic carbocycles. The lowest BCUT2D eigenvalue weighted by atomic mass is 10.2. The van der Waals surface area contributed by atoms with Crippen molar-refractivity contribution in [1.29, 1.82) is 0 Å². The monoisotopic (exact) mass is 294 g/mol. The molecule has 0 atom stereocenters. The van der Waals surface area contributed by atoms with Crippen molar-refractivity contribution in [3.63, 3.8) is 0 Å². The molecule has 0 spiro atoms. The second-order valence-corrected chi connectivity index (χ2v) is 5.07. The zero-order chi connectivity index (χ0) is 15.8. The quantitative estimate of drug-likeness (QED) is 0.465. The minimum Gasteiger partial charge on any atom is -0.368 e. The zero-order valence-electron chi connectivity index (χ0n) is 13.1. The van der Waals surface area contributed by atoms with Gasteiger partial charge in [-0.25, -0.2) is 15.8 Å². The summed E-state index contributed by atoms with van der Waals surface area (Å²) in [7, 11) is 0. The molecule has 0 bridgehead atoms. The van der Waals surface area contributed by atoms with Crippen LogP contribution in [0.3, 0.4) is 0 Å². The van der Waals surface area contributed by atoms with Gasteiger partial charge in [0.15, 0.2) is 0 Å². The fraction of sp³-hybridized carbons (Fsp3) is 0.643. The van der Waals surface area contributed by atoms with Crippen LogP contribution in [0.5, 0.6) is 0 Å². The molecule has 5 N–H and O–H groups in total. The van der Waals surface area contributed by atoms with Crippen LogP contribution < -0.4 is 21.9 Å². The maximum absolute atomic E-state index is 11.3. The van der Waals surface area contributed by atoms with Gasteiger partial charge < -0.3 is 16.1 Å². The smallest absolute Gasteiger partial charge is 0.236 e. The first kappa shape index (κ1) is 17.2. The molecule has 1 heterocycles. The molecule has 0 saturated carbocycles. The van der Waals surface area contributed by atoms with Gasteiger partial charge in [0.2, 0.25) is 5.91 Å². The minimum absolute atomic E-state index is 0.146. The Kier molecular flexibility index (Phi) is 6.87. The molecule has 0 aliphatic rings. The molecule has 1 aromatic rings. The number of primary amides is 1. The Bertz CT molecular complexity index is 477. The maximum atomic E-state index is 11.3. The molecule has 0 aliphatic heterocycles. The van der Waals surface area contributed by atoms with Crippen molar-refractivity contribution < 1.29 is 4.79 Å². The van der Waals surface area contributed by atoms with Crippen molar-refractivity contribution in [2.75, 3.05) is 23.4 Å². The molecule has 0 radical (unpaired) electrons. The topological polar surface area (TPSA) is 110 Å². The van der Waals surface area contributed by atoms with Gasteiger partial charge in [-0.3, -0.25) is 4.79 Å². The summed E-state index contributed by atoms with van der Waals surface area (Å²) in [5.41, 5.74) is 8.79. The third-order valence-corrected chi connectivity index (χ3v) is 3.20. The molecule has 7 nitrogen and oxygen atoms in total. The van der Waals surface area contributed by atoms with Crippen molar-refractivity contribution in [1.82, 2.24) is 9.97 Å². The summed E-state index contributed by atoms with van der Waals surface area (Å²) in [6.07, 6.45) is 3.70. The molecular weight excluding hydrogens is 268 g/mol. The lowest BCUT2D eigenvalue weighted by Gasteiger charge is -2.25. The predicted molar refractivity (Wildman–Crippen MR) is 84.9 cm³/mol. The van der Waals surface area contributed by atoms with Crippen LogP contribution >= 0.6 is 0 Å². The fourth-order valence-electron chi connectivity index (χ4n) is 2.13. The van der Waals surface area contributed by atoms with Gasteiger partial charge in [-0.2, -0.15) is 0 Å². The first-order chi connectivity index (χ1) is 10.0. The summed E-state index contributed by atoms with van der Waals surface area (Å²) in [5.74, 6) is 7.21.